The number of anilines is 1. The molecule has 0 unspecified atom stereocenters. The molecule has 0 fully saturated rings. The first-order valence-corrected chi connectivity index (χ1v) is 8.89. The molecule has 1 amide bonds. The van der Waals surface area contributed by atoms with Crippen molar-refractivity contribution < 1.29 is 13.9 Å². The summed E-state index contributed by atoms with van der Waals surface area (Å²) in [6.07, 6.45) is 1.36. The van der Waals surface area contributed by atoms with Crippen LogP contribution in [-0.2, 0) is 4.79 Å². The van der Waals surface area contributed by atoms with Gasteiger partial charge in [0.05, 0.1) is 17.8 Å². The fourth-order valence-corrected chi connectivity index (χ4v) is 2.99. The molecule has 0 spiro atoms. The van der Waals surface area contributed by atoms with E-state index in [9.17, 15) is 10.1 Å². The van der Waals surface area contributed by atoms with Gasteiger partial charge in [-0.3, -0.25) is 4.79 Å². The van der Waals surface area contributed by atoms with Gasteiger partial charge in [-0.15, -0.1) is 0 Å². The first-order valence-electron chi connectivity index (χ1n) is 8.13. The molecule has 1 heterocycles. The van der Waals surface area contributed by atoms with Crippen molar-refractivity contribution >= 4 is 40.9 Å². The Balaban J connectivity index is 1.84. The molecule has 0 atom stereocenters. The third-order valence-corrected chi connectivity index (χ3v) is 4.38. The van der Waals surface area contributed by atoms with Gasteiger partial charge in [-0.05, 0) is 42.5 Å². The third-order valence-electron chi connectivity index (χ3n) is 3.83. The second-order valence-corrected chi connectivity index (χ2v) is 6.49. The van der Waals surface area contributed by atoms with Crippen molar-refractivity contribution in [3.8, 4) is 23.1 Å². The molecule has 1 N–H and O–H groups in total. The van der Waals surface area contributed by atoms with Crippen LogP contribution in [0.15, 0.2) is 64.6 Å². The molecular formula is C21H14Cl2N2O3. The van der Waals surface area contributed by atoms with E-state index in [2.05, 4.69) is 5.32 Å². The van der Waals surface area contributed by atoms with E-state index in [1.807, 2.05) is 6.07 Å². The quantitative estimate of drug-likeness (QED) is 0.423. The summed E-state index contributed by atoms with van der Waals surface area (Å²) in [5.41, 5.74) is 1.00. The molecule has 1 aromatic heterocycles. The highest BCUT2D eigenvalue weighted by atomic mass is 35.5. The SMILES string of the molecule is COc1ccccc1NC(=O)/C(C#N)=C/c1ccc(-c2ccc(Cl)cc2Cl)o1. The van der Waals surface area contributed by atoms with Crippen molar-refractivity contribution in [2.45, 2.75) is 0 Å². The lowest BCUT2D eigenvalue weighted by Crippen LogP contribution is -2.14. The van der Waals surface area contributed by atoms with Gasteiger partial charge >= 0.3 is 0 Å². The molecule has 5 nitrogen and oxygen atoms in total. The van der Waals surface area contributed by atoms with Gasteiger partial charge in [0, 0.05) is 16.7 Å². The number of amides is 1. The predicted molar refractivity (Wildman–Crippen MR) is 109 cm³/mol. The minimum Gasteiger partial charge on any atom is -0.495 e. The van der Waals surface area contributed by atoms with Crippen LogP contribution in [0.1, 0.15) is 5.76 Å². The van der Waals surface area contributed by atoms with Crippen molar-refractivity contribution in [1.29, 1.82) is 5.26 Å². The second-order valence-electron chi connectivity index (χ2n) is 5.65. The summed E-state index contributed by atoms with van der Waals surface area (Å²) >= 11 is 12.1. The van der Waals surface area contributed by atoms with Crippen LogP contribution >= 0.6 is 23.2 Å². The standard InChI is InChI=1S/C21H14Cl2N2O3/c1-27-20-5-3-2-4-18(20)25-21(26)13(12-24)10-15-7-9-19(28-15)16-8-6-14(22)11-17(16)23/h2-11H,1H3,(H,25,26)/b13-10+. The first-order chi connectivity index (χ1) is 13.5. The monoisotopic (exact) mass is 412 g/mol. The van der Waals surface area contributed by atoms with E-state index < -0.39 is 5.91 Å². The molecule has 0 radical (unpaired) electrons. The smallest absolute Gasteiger partial charge is 0.266 e. The molecule has 3 rings (SSSR count). The normalized spacial score (nSPS) is 11.0. The number of nitrogens with zero attached hydrogens (tertiary/aromatic N) is 1. The summed E-state index contributed by atoms with van der Waals surface area (Å²) in [6.45, 7) is 0. The minimum atomic E-state index is -0.575. The zero-order valence-electron chi connectivity index (χ0n) is 14.7. The average Bonchev–Trinajstić information content (AvgIpc) is 3.14. The first kappa shape index (κ1) is 19.6. The zero-order chi connectivity index (χ0) is 20.1. The van der Waals surface area contributed by atoms with Gasteiger partial charge in [0.25, 0.3) is 5.91 Å². The number of methoxy groups -OCH3 is 1. The average molecular weight is 413 g/mol. The van der Waals surface area contributed by atoms with Crippen molar-refractivity contribution in [3.05, 3.63) is 76.0 Å². The predicted octanol–water partition coefficient (Wildman–Crippen LogP) is 5.81. The second kappa shape index (κ2) is 8.66. The molecule has 7 heteroatoms. The molecule has 0 aliphatic heterocycles. The minimum absolute atomic E-state index is 0.117. The molecule has 2 aromatic carbocycles. The Morgan fingerprint density at radius 1 is 1.18 bits per heavy atom. The van der Waals surface area contributed by atoms with Crippen molar-refractivity contribution in [3.63, 3.8) is 0 Å². The van der Waals surface area contributed by atoms with Gasteiger partial charge < -0.3 is 14.5 Å². The number of halogens is 2. The van der Waals surface area contributed by atoms with Gasteiger partial charge in [0.1, 0.15) is 28.9 Å². The van der Waals surface area contributed by atoms with Crippen LogP contribution in [0, 0.1) is 11.3 Å². The number of carbonyl (C=O) groups is 1. The zero-order valence-corrected chi connectivity index (χ0v) is 16.2. The Morgan fingerprint density at radius 2 is 1.96 bits per heavy atom. The number of nitriles is 1. The fraction of sp³-hybridized carbons (Fsp3) is 0.0476. The maximum Gasteiger partial charge on any atom is 0.266 e. The summed E-state index contributed by atoms with van der Waals surface area (Å²) in [6, 6.07) is 17.2. The maximum absolute atomic E-state index is 12.4. The van der Waals surface area contributed by atoms with E-state index >= 15 is 0 Å². The van der Waals surface area contributed by atoms with E-state index in [0.29, 0.717) is 38.6 Å². The molecule has 0 bridgehead atoms. The Kier molecular flexibility index (Phi) is 6.05. The Bertz CT molecular complexity index is 1100. The molecule has 0 saturated carbocycles. The molecule has 0 aliphatic carbocycles. The Hall–Kier alpha value is -3.20. The number of nitrogens with one attached hydrogen (secondary N) is 1. The molecule has 28 heavy (non-hydrogen) atoms. The lowest BCUT2D eigenvalue weighted by atomic mass is 10.2. The van der Waals surface area contributed by atoms with E-state index in [0.717, 1.165) is 0 Å². The molecule has 3 aromatic rings. The van der Waals surface area contributed by atoms with E-state index in [-0.39, 0.29) is 5.57 Å². The number of para-hydroxylation sites is 2. The van der Waals surface area contributed by atoms with E-state index in [4.69, 9.17) is 32.4 Å². The number of ether oxygens (including phenoxy) is 1. The highest BCUT2D eigenvalue weighted by molar-refractivity contribution is 6.36. The van der Waals surface area contributed by atoms with Crippen LogP contribution in [0.3, 0.4) is 0 Å². The van der Waals surface area contributed by atoms with Crippen molar-refractivity contribution in [2.24, 2.45) is 0 Å². The largest absolute Gasteiger partial charge is 0.495 e. The summed E-state index contributed by atoms with van der Waals surface area (Å²) in [4.78, 5) is 12.4. The van der Waals surface area contributed by atoms with Gasteiger partial charge in [-0.25, -0.2) is 0 Å². The van der Waals surface area contributed by atoms with Crippen LogP contribution in [0.25, 0.3) is 17.4 Å². The molecular weight excluding hydrogens is 399 g/mol. The van der Waals surface area contributed by atoms with Crippen LogP contribution in [0.4, 0.5) is 5.69 Å². The fourth-order valence-electron chi connectivity index (χ4n) is 2.49. The van der Waals surface area contributed by atoms with Crippen LogP contribution < -0.4 is 10.1 Å². The summed E-state index contributed by atoms with van der Waals surface area (Å²) in [7, 11) is 1.50. The molecule has 0 saturated heterocycles. The van der Waals surface area contributed by atoms with Crippen LogP contribution in [-0.4, -0.2) is 13.0 Å². The van der Waals surface area contributed by atoms with Gasteiger partial charge in [0.2, 0.25) is 0 Å². The Morgan fingerprint density at radius 3 is 2.68 bits per heavy atom. The van der Waals surface area contributed by atoms with Gasteiger partial charge in [-0.2, -0.15) is 5.26 Å². The van der Waals surface area contributed by atoms with Gasteiger partial charge in [0.15, 0.2) is 0 Å². The number of hydrogen-bond acceptors (Lipinski definition) is 4. The third kappa shape index (κ3) is 4.37. The number of furan rings is 1. The highest BCUT2D eigenvalue weighted by Gasteiger charge is 2.14. The number of rotatable bonds is 5. The molecule has 0 aliphatic rings. The van der Waals surface area contributed by atoms with Crippen molar-refractivity contribution in [1.82, 2.24) is 0 Å². The van der Waals surface area contributed by atoms with E-state index in [1.54, 1.807) is 54.6 Å². The summed E-state index contributed by atoms with van der Waals surface area (Å²) in [5.74, 6) is 0.753. The topological polar surface area (TPSA) is 75.3 Å². The number of carbonyl (C=O) groups excluding carboxylic acids is 1. The molecule has 140 valence electrons. The van der Waals surface area contributed by atoms with Crippen LogP contribution in [0.5, 0.6) is 5.75 Å². The summed E-state index contributed by atoms with van der Waals surface area (Å²) < 4.78 is 10.9. The Labute approximate surface area is 171 Å². The van der Waals surface area contributed by atoms with Crippen LogP contribution in [0.2, 0.25) is 10.0 Å². The lowest BCUT2D eigenvalue weighted by molar-refractivity contribution is -0.112. The number of hydrogen-bond donors (Lipinski definition) is 1. The van der Waals surface area contributed by atoms with Gasteiger partial charge in [-0.1, -0.05) is 35.3 Å². The maximum atomic E-state index is 12.4. The van der Waals surface area contributed by atoms with E-state index in [1.165, 1.54) is 13.2 Å². The highest BCUT2D eigenvalue weighted by Crippen LogP contribution is 2.32. The number of benzene rings is 2. The summed E-state index contributed by atoms with van der Waals surface area (Å²) in [5, 5.41) is 13.0. The lowest BCUT2D eigenvalue weighted by Gasteiger charge is -2.08. The van der Waals surface area contributed by atoms with Crippen molar-refractivity contribution in [2.75, 3.05) is 12.4 Å².